The fourth-order valence-corrected chi connectivity index (χ4v) is 2.59. The van der Waals surface area contributed by atoms with Gasteiger partial charge in [-0.3, -0.25) is 0 Å². The third kappa shape index (κ3) is 5.88. The van der Waals surface area contributed by atoms with Crippen molar-refractivity contribution < 1.29 is 9.59 Å². The molecule has 4 amide bonds. The highest BCUT2D eigenvalue weighted by Gasteiger charge is 2.09. The Morgan fingerprint density at radius 2 is 0.893 bits per heavy atom. The molecule has 0 atom stereocenters. The Bertz CT molecular complexity index is 838. The minimum Gasteiger partial charge on any atom is -0.334 e. The third-order valence-electron chi connectivity index (χ3n) is 4.02. The predicted molar refractivity (Wildman–Crippen MR) is 111 cm³/mol. The lowest BCUT2D eigenvalue weighted by molar-refractivity contribution is 0.250. The van der Waals surface area contributed by atoms with Crippen LogP contribution in [0.4, 0.5) is 21.0 Å². The molecule has 0 radical (unpaired) electrons. The first-order chi connectivity index (χ1) is 13.7. The highest BCUT2D eigenvalue weighted by molar-refractivity contribution is 5.98. The second-order valence-corrected chi connectivity index (χ2v) is 6.13. The number of carbonyl (C=O) groups is 2. The summed E-state index contributed by atoms with van der Waals surface area (Å²) in [6.45, 7) is 0.833. The molecule has 0 aromatic heterocycles. The molecule has 4 N–H and O–H groups in total. The number of urea groups is 2. The molecule has 3 rings (SSSR count). The number of carbonyl (C=O) groups excluding carboxylic acids is 2. The van der Waals surface area contributed by atoms with Crippen molar-refractivity contribution in [3.8, 4) is 0 Å². The molecule has 0 heterocycles. The molecule has 0 aliphatic rings. The number of hydrogen-bond acceptors (Lipinski definition) is 2. The van der Waals surface area contributed by atoms with E-state index < -0.39 is 0 Å². The number of para-hydroxylation sites is 2. The van der Waals surface area contributed by atoms with E-state index in [1.165, 1.54) is 0 Å². The van der Waals surface area contributed by atoms with Crippen molar-refractivity contribution in [1.29, 1.82) is 0 Å². The molecule has 3 aromatic carbocycles. The van der Waals surface area contributed by atoms with Crippen molar-refractivity contribution in [2.45, 2.75) is 13.1 Å². The van der Waals surface area contributed by atoms with E-state index in [-0.39, 0.29) is 12.1 Å². The van der Waals surface area contributed by atoms with Gasteiger partial charge >= 0.3 is 12.1 Å². The molecule has 6 nitrogen and oxygen atoms in total. The van der Waals surface area contributed by atoms with E-state index in [9.17, 15) is 9.59 Å². The maximum atomic E-state index is 12.2. The van der Waals surface area contributed by atoms with Crippen molar-refractivity contribution in [1.82, 2.24) is 10.6 Å². The molecule has 0 saturated heterocycles. The van der Waals surface area contributed by atoms with Crippen LogP contribution in [0.1, 0.15) is 11.1 Å². The summed E-state index contributed by atoms with van der Waals surface area (Å²) >= 11 is 0. The topological polar surface area (TPSA) is 82.3 Å². The summed E-state index contributed by atoms with van der Waals surface area (Å²) in [6.07, 6.45) is 0. The molecule has 0 fully saturated rings. The van der Waals surface area contributed by atoms with Crippen molar-refractivity contribution in [3.05, 3.63) is 96.1 Å². The highest BCUT2D eigenvalue weighted by Crippen LogP contribution is 2.20. The van der Waals surface area contributed by atoms with Crippen LogP contribution in [0.15, 0.2) is 84.9 Å². The first-order valence-corrected chi connectivity index (χ1v) is 8.97. The Hall–Kier alpha value is -3.80. The summed E-state index contributed by atoms with van der Waals surface area (Å²) < 4.78 is 0. The number of amides is 4. The number of rotatable bonds is 6. The van der Waals surface area contributed by atoms with E-state index in [4.69, 9.17) is 0 Å². The van der Waals surface area contributed by atoms with E-state index in [2.05, 4.69) is 21.3 Å². The Kier molecular flexibility index (Phi) is 6.62. The molecule has 0 aliphatic carbocycles. The Labute approximate surface area is 164 Å². The van der Waals surface area contributed by atoms with Gasteiger partial charge in [0.05, 0.1) is 11.4 Å². The first-order valence-electron chi connectivity index (χ1n) is 8.97. The second kappa shape index (κ2) is 9.78. The lowest BCUT2D eigenvalue weighted by Gasteiger charge is -2.13. The Morgan fingerprint density at radius 3 is 1.29 bits per heavy atom. The molecule has 6 heteroatoms. The van der Waals surface area contributed by atoms with Crippen LogP contribution in [-0.2, 0) is 13.1 Å². The van der Waals surface area contributed by atoms with Gasteiger partial charge in [0.1, 0.15) is 0 Å². The smallest absolute Gasteiger partial charge is 0.319 e. The molecular formula is C22H22N4O2. The standard InChI is InChI=1S/C22H22N4O2/c27-21(23-15-17-9-3-1-4-10-17)25-19-13-7-8-14-20(19)26-22(28)24-16-18-11-5-2-6-12-18/h1-14H,15-16H2,(H2,23,25,27)(H2,24,26,28). The lowest BCUT2D eigenvalue weighted by Crippen LogP contribution is -2.30. The van der Waals surface area contributed by atoms with E-state index in [0.29, 0.717) is 24.5 Å². The minimum absolute atomic E-state index is 0.345. The molecule has 0 saturated carbocycles. The van der Waals surface area contributed by atoms with Gasteiger partial charge in [0.15, 0.2) is 0 Å². The monoisotopic (exact) mass is 374 g/mol. The molecule has 142 valence electrons. The maximum absolute atomic E-state index is 12.2. The average molecular weight is 374 g/mol. The van der Waals surface area contributed by atoms with Crippen LogP contribution in [0.3, 0.4) is 0 Å². The number of nitrogens with one attached hydrogen (secondary N) is 4. The zero-order chi connectivity index (χ0) is 19.6. The normalized spacial score (nSPS) is 10.0. The largest absolute Gasteiger partial charge is 0.334 e. The Balaban J connectivity index is 1.53. The van der Waals surface area contributed by atoms with Gasteiger partial charge in [0.25, 0.3) is 0 Å². The van der Waals surface area contributed by atoms with Gasteiger partial charge in [-0.2, -0.15) is 0 Å². The molecule has 28 heavy (non-hydrogen) atoms. The van der Waals surface area contributed by atoms with Gasteiger partial charge in [0, 0.05) is 13.1 Å². The summed E-state index contributed by atoms with van der Waals surface area (Å²) in [7, 11) is 0. The first kappa shape index (κ1) is 19.0. The number of anilines is 2. The summed E-state index contributed by atoms with van der Waals surface area (Å²) in [6, 6.07) is 25.6. The molecule has 0 bridgehead atoms. The van der Waals surface area contributed by atoms with E-state index in [1.54, 1.807) is 24.3 Å². The van der Waals surface area contributed by atoms with Crippen molar-refractivity contribution in [2.24, 2.45) is 0 Å². The van der Waals surface area contributed by atoms with E-state index >= 15 is 0 Å². The van der Waals surface area contributed by atoms with Crippen LogP contribution in [-0.4, -0.2) is 12.1 Å². The quantitative estimate of drug-likeness (QED) is 0.518. The van der Waals surface area contributed by atoms with Crippen LogP contribution in [0.2, 0.25) is 0 Å². The van der Waals surface area contributed by atoms with Crippen LogP contribution < -0.4 is 21.3 Å². The zero-order valence-electron chi connectivity index (χ0n) is 15.3. The van der Waals surface area contributed by atoms with Gasteiger partial charge in [-0.15, -0.1) is 0 Å². The number of hydrogen-bond donors (Lipinski definition) is 4. The van der Waals surface area contributed by atoms with Gasteiger partial charge in [-0.25, -0.2) is 9.59 Å². The number of benzene rings is 3. The predicted octanol–water partition coefficient (Wildman–Crippen LogP) is 4.33. The average Bonchev–Trinajstić information content (AvgIpc) is 2.74. The van der Waals surface area contributed by atoms with Crippen molar-refractivity contribution in [3.63, 3.8) is 0 Å². The highest BCUT2D eigenvalue weighted by atomic mass is 16.2. The molecular weight excluding hydrogens is 352 g/mol. The molecule has 0 spiro atoms. The zero-order valence-corrected chi connectivity index (χ0v) is 15.3. The molecule has 3 aromatic rings. The summed E-state index contributed by atoms with van der Waals surface area (Å²) in [4.78, 5) is 24.4. The van der Waals surface area contributed by atoms with Gasteiger partial charge in [-0.1, -0.05) is 72.8 Å². The van der Waals surface area contributed by atoms with Crippen LogP contribution >= 0.6 is 0 Å². The fourth-order valence-electron chi connectivity index (χ4n) is 2.59. The minimum atomic E-state index is -0.345. The van der Waals surface area contributed by atoms with E-state index in [1.807, 2.05) is 60.7 Å². The summed E-state index contributed by atoms with van der Waals surface area (Å²) in [5, 5.41) is 11.1. The summed E-state index contributed by atoms with van der Waals surface area (Å²) in [5.41, 5.74) is 3.04. The van der Waals surface area contributed by atoms with Crippen molar-refractivity contribution >= 4 is 23.4 Å². The maximum Gasteiger partial charge on any atom is 0.319 e. The van der Waals surface area contributed by atoms with Gasteiger partial charge < -0.3 is 21.3 Å². The summed E-state index contributed by atoms with van der Waals surface area (Å²) in [5.74, 6) is 0. The lowest BCUT2D eigenvalue weighted by atomic mass is 10.2. The van der Waals surface area contributed by atoms with Crippen LogP contribution in [0.25, 0.3) is 0 Å². The third-order valence-corrected chi connectivity index (χ3v) is 4.02. The SMILES string of the molecule is O=C(NCc1ccccc1)Nc1ccccc1NC(=O)NCc1ccccc1. The fraction of sp³-hybridized carbons (Fsp3) is 0.0909. The van der Waals surface area contributed by atoms with E-state index in [0.717, 1.165) is 11.1 Å². The van der Waals surface area contributed by atoms with Gasteiger partial charge in [0.2, 0.25) is 0 Å². The Morgan fingerprint density at radius 1 is 0.536 bits per heavy atom. The molecule has 0 unspecified atom stereocenters. The van der Waals surface area contributed by atoms with Crippen LogP contribution in [0.5, 0.6) is 0 Å². The van der Waals surface area contributed by atoms with Gasteiger partial charge in [-0.05, 0) is 23.3 Å². The van der Waals surface area contributed by atoms with Crippen LogP contribution in [0, 0.1) is 0 Å². The second-order valence-electron chi connectivity index (χ2n) is 6.13. The van der Waals surface area contributed by atoms with Crippen molar-refractivity contribution in [2.75, 3.05) is 10.6 Å². The molecule has 0 aliphatic heterocycles.